The number of hydrogen-bond donors (Lipinski definition) is 0. The van der Waals surface area contributed by atoms with E-state index in [2.05, 4.69) is 14.2 Å². The topological polar surface area (TPSA) is 18.5 Å². The molecule has 8 heavy (non-hydrogen) atoms. The van der Waals surface area contributed by atoms with Gasteiger partial charge >= 0.3 is 62.3 Å². The first kappa shape index (κ1) is 8.89. The Morgan fingerprint density at radius 3 is 2.38 bits per heavy atom. The van der Waals surface area contributed by atoms with Crippen molar-refractivity contribution >= 4 is 14.2 Å². The van der Waals surface area contributed by atoms with Crippen molar-refractivity contribution in [2.45, 2.75) is 5.07 Å². The van der Waals surface area contributed by atoms with Gasteiger partial charge in [0.1, 0.15) is 0 Å². The zero-order chi connectivity index (χ0) is 6.41. The molecule has 0 amide bonds. The van der Waals surface area contributed by atoms with Gasteiger partial charge < -0.3 is 0 Å². The van der Waals surface area contributed by atoms with Crippen LogP contribution < -0.4 is 0 Å². The molecule has 0 N–H and O–H groups in total. The number of hydrogen-bond acceptors (Lipinski definition) is 2. The fourth-order valence-corrected chi connectivity index (χ4v) is 1.38. The summed E-state index contributed by atoms with van der Waals surface area (Å²) in [5.41, 5.74) is 0. The molecule has 4 heteroatoms. The molecule has 1 atom stereocenters. The fourth-order valence-electron chi connectivity index (χ4n) is 0.237. The Hall–Kier alpha value is 0.894. The predicted octanol–water partition coefficient (Wildman–Crippen LogP) is 0.998. The molecular formula is C4H9BrNiO2. The van der Waals surface area contributed by atoms with Crippen molar-refractivity contribution in [2.75, 3.05) is 20.8 Å². The van der Waals surface area contributed by atoms with Crippen molar-refractivity contribution in [2.24, 2.45) is 0 Å². The molecule has 0 radical (unpaired) electrons. The molecule has 0 aromatic rings. The first-order chi connectivity index (χ1) is 3.85. The Labute approximate surface area is 62.5 Å². The van der Waals surface area contributed by atoms with Gasteiger partial charge in [-0.2, -0.15) is 0 Å². The van der Waals surface area contributed by atoms with Crippen LogP contribution in [0.3, 0.4) is 0 Å². The van der Waals surface area contributed by atoms with Gasteiger partial charge in [-0.15, -0.1) is 0 Å². The molecule has 0 heterocycles. The van der Waals surface area contributed by atoms with E-state index in [9.17, 15) is 0 Å². The van der Waals surface area contributed by atoms with Crippen molar-refractivity contribution in [1.82, 2.24) is 0 Å². The molecule has 0 aromatic carbocycles. The van der Waals surface area contributed by atoms with Gasteiger partial charge in [-0.1, -0.05) is 0 Å². The third kappa shape index (κ3) is 3.84. The first-order valence-electron chi connectivity index (χ1n) is 2.05. The third-order valence-corrected chi connectivity index (χ3v) is 2.57. The van der Waals surface area contributed by atoms with Gasteiger partial charge in [-0.25, -0.2) is 0 Å². The van der Waals surface area contributed by atoms with Crippen LogP contribution >= 0.6 is 14.2 Å². The summed E-state index contributed by atoms with van der Waals surface area (Å²) in [6.45, 7) is 0.627. The summed E-state index contributed by atoms with van der Waals surface area (Å²) in [5.74, 6) is 0. The van der Waals surface area contributed by atoms with Gasteiger partial charge in [0.25, 0.3) is 0 Å². The average Bonchev–Trinajstić information content (AvgIpc) is 1.83. The van der Waals surface area contributed by atoms with E-state index in [0.29, 0.717) is 6.61 Å². The Morgan fingerprint density at radius 1 is 1.62 bits per heavy atom. The summed E-state index contributed by atoms with van der Waals surface area (Å²) < 4.78 is 9.76. The molecule has 0 bridgehead atoms. The zero-order valence-electron chi connectivity index (χ0n) is 4.80. The molecule has 0 aliphatic carbocycles. The molecule has 1 unspecified atom stereocenters. The minimum absolute atomic E-state index is 0.132. The monoisotopic (exact) mass is 226 g/mol. The maximum atomic E-state index is 4.94. The van der Waals surface area contributed by atoms with Crippen molar-refractivity contribution < 1.29 is 22.1 Å². The normalized spacial score (nSPS) is 14.4. The Morgan fingerprint density at radius 2 is 2.25 bits per heavy atom. The second-order valence-electron chi connectivity index (χ2n) is 1.13. The van der Waals surface area contributed by atoms with Crippen molar-refractivity contribution in [3.05, 3.63) is 0 Å². The molecule has 2 nitrogen and oxygen atoms in total. The van der Waals surface area contributed by atoms with Crippen LogP contribution in [0.4, 0.5) is 0 Å². The van der Waals surface area contributed by atoms with Crippen molar-refractivity contribution in [3.63, 3.8) is 0 Å². The van der Waals surface area contributed by atoms with Crippen LogP contribution in [0.2, 0.25) is 0 Å². The van der Waals surface area contributed by atoms with Crippen LogP contribution in [-0.2, 0) is 22.1 Å². The van der Waals surface area contributed by atoms with Crippen LogP contribution in [0.15, 0.2) is 0 Å². The van der Waals surface area contributed by atoms with E-state index in [1.807, 2.05) is 0 Å². The molecule has 0 saturated heterocycles. The first-order valence-corrected chi connectivity index (χ1v) is 5.06. The minimum atomic E-state index is 0.132. The summed E-state index contributed by atoms with van der Waals surface area (Å²) in [7, 11) is 3.31. The zero-order valence-corrected chi connectivity index (χ0v) is 7.37. The van der Waals surface area contributed by atoms with E-state index in [4.69, 9.17) is 9.47 Å². The summed E-state index contributed by atoms with van der Waals surface area (Å²) in [4.78, 5) is 0. The molecule has 0 spiro atoms. The van der Waals surface area contributed by atoms with Crippen LogP contribution in [0.5, 0.6) is 0 Å². The van der Waals surface area contributed by atoms with Crippen LogP contribution in [0.1, 0.15) is 0 Å². The van der Waals surface area contributed by atoms with E-state index in [1.165, 1.54) is 12.7 Å². The van der Waals surface area contributed by atoms with E-state index >= 15 is 0 Å². The quantitative estimate of drug-likeness (QED) is 0.668. The van der Waals surface area contributed by atoms with Crippen LogP contribution in [0.25, 0.3) is 0 Å². The van der Waals surface area contributed by atoms with E-state index in [0.717, 1.165) is 0 Å². The number of ether oxygens (including phenoxy) is 2. The SMILES string of the molecule is COC[CH](OC)[Ni][Br]. The summed E-state index contributed by atoms with van der Waals surface area (Å²) >= 11 is 4.51. The fraction of sp³-hybridized carbons (Fsp3) is 1.00. The molecule has 0 aliphatic heterocycles. The van der Waals surface area contributed by atoms with Crippen LogP contribution in [-0.4, -0.2) is 25.9 Å². The molecule has 0 aliphatic rings. The average molecular weight is 228 g/mol. The molecule has 0 fully saturated rings. The molecule has 54 valence electrons. The van der Waals surface area contributed by atoms with Gasteiger partial charge in [0.15, 0.2) is 0 Å². The molecule has 0 aromatic heterocycles. The number of methoxy groups -OCH3 is 2. The summed E-state index contributed by atoms with van der Waals surface area (Å²) in [6, 6.07) is 0. The second-order valence-corrected chi connectivity index (χ2v) is 3.18. The summed E-state index contributed by atoms with van der Waals surface area (Å²) in [6.07, 6.45) is 0. The second kappa shape index (κ2) is 6.02. The number of rotatable bonds is 4. The predicted molar refractivity (Wildman–Crippen MR) is 31.6 cm³/mol. The Kier molecular flexibility index (Phi) is 6.69. The maximum absolute atomic E-state index is 4.94. The standard InChI is InChI=1S/C4H9O2.BrH.Ni/c1-5-3-4-6-2;;/h3H,4H2,1-2H3;1H;/q;;+1/p-1. The molecular weight excluding hydrogens is 219 g/mol. The van der Waals surface area contributed by atoms with Gasteiger partial charge in [-0.05, 0) is 0 Å². The van der Waals surface area contributed by atoms with E-state index < -0.39 is 0 Å². The van der Waals surface area contributed by atoms with Gasteiger partial charge in [0.05, 0.1) is 0 Å². The van der Waals surface area contributed by atoms with Crippen molar-refractivity contribution in [1.29, 1.82) is 0 Å². The van der Waals surface area contributed by atoms with Gasteiger partial charge in [-0.3, -0.25) is 0 Å². The molecule has 0 saturated carbocycles. The summed E-state index contributed by atoms with van der Waals surface area (Å²) in [5, 5.41) is 0.132. The van der Waals surface area contributed by atoms with Gasteiger partial charge in [0.2, 0.25) is 0 Å². The van der Waals surface area contributed by atoms with Gasteiger partial charge in [0, 0.05) is 0 Å². The molecule has 0 rings (SSSR count). The van der Waals surface area contributed by atoms with E-state index in [-0.39, 0.29) is 5.07 Å². The Bertz CT molecular complexity index is 49.3. The van der Waals surface area contributed by atoms with Crippen molar-refractivity contribution in [3.8, 4) is 0 Å². The van der Waals surface area contributed by atoms with E-state index in [1.54, 1.807) is 14.2 Å². The van der Waals surface area contributed by atoms with Crippen LogP contribution in [0, 0.1) is 0 Å². The number of halogens is 1. The third-order valence-electron chi connectivity index (χ3n) is 0.606. The Balaban J connectivity index is 3.07.